The maximum atomic E-state index is 11.9. The molecule has 5 aromatic rings. The molecule has 0 spiro atoms. The molecular formula is C31H21N3O5. The number of aromatic carboxylic acids is 2. The molecule has 39 heavy (non-hydrogen) atoms. The number of benzene rings is 2. The maximum Gasteiger partial charge on any atom is 0.335 e. The zero-order chi connectivity index (χ0) is 26.9. The standard InChI is InChI=1S/C31H21N3O5/c35-30(36)20-10-12-33-25(15-20)27-17-21(31(37)38)16-26(34-27)24-13-19(9-11-32-24)6-5-18-7-8-23-22-3-1-2-4-28(22)39-29(23)14-18/h1-17,24,32H,(H,35,36)(H,37,38)/b6-5+. The Morgan fingerprint density at radius 1 is 0.846 bits per heavy atom. The van der Waals surface area contributed by atoms with Crippen molar-refractivity contribution in [3.63, 3.8) is 0 Å². The van der Waals surface area contributed by atoms with Crippen molar-refractivity contribution in [2.24, 2.45) is 0 Å². The zero-order valence-corrected chi connectivity index (χ0v) is 20.4. The van der Waals surface area contributed by atoms with Crippen LogP contribution in [0.1, 0.15) is 38.0 Å². The number of pyridine rings is 2. The lowest BCUT2D eigenvalue weighted by atomic mass is 10.0. The summed E-state index contributed by atoms with van der Waals surface area (Å²) in [6, 6.07) is 19.2. The number of fused-ring (bicyclic) bond motifs is 3. The summed E-state index contributed by atoms with van der Waals surface area (Å²) in [6.07, 6.45) is 10.9. The number of nitrogens with one attached hydrogen (secondary N) is 1. The van der Waals surface area contributed by atoms with Crippen LogP contribution in [0.5, 0.6) is 0 Å². The molecule has 190 valence electrons. The molecule has 0 fully saturated rings. The summed E-state index contributed by atoms with van der Waals surface area (Å²) in [5, 5.41) is 24.4. The van der Waals surface area contributed by atoms with Crippen LogP contribution in [0, 0.1) is 0 Å². The van der Waals surface area contributed by atoms with E-state index in [1.807, 2.05) is 66.8 Å². The van der Waals surface area contributed by atoms with Gasteiger partial charge in [0.2, 0.25) is 0 Å². The Kier molecular flexibility index (Phi) is 5.97. The van der Waals surface area contributed by atoms with Crippen LogP contribution in [0.15, 0.2) is 107 Å². The molecule has 4 heterocycles. The molecule has 8 nitrogen and oxygen atoms in total. The zero-order valence-electron chi connectivity index (χ0n) is 20.4. The second kappa shape index (κ2) is 9.75. The predicted molar refractivity (Wildman–Crippen MR) is 147 cm³/mol. The van der Waals surface area contributed by atoms with E-state index in [2.05, 4.69) is 15.3 Å². The van der Waals surface area contributed by atoms with Gasteiger partial charge in [0.25, 0.3) is 0 Å². The molecule has 1 aliphatic rings. The van der Waals surface area contributed by atoms with E-state index in [0.717, 1.165) is 33.1 Å². The minimum absolute atomic E-state index is 0.0264. The van der Waals surface area contributed by atoms with E-state index in [9.17, 15) is 19.8 Å². The van der Waals surface area contributed by atoms with Crippen LogP contribution in [-0.2, 0) is 0 Å². The third-order valence-corrected chi connectivity index (χ3v) is 6.46. The Morgan fingerprint density at radius 2 is 1.64 bits per heavy atom. The van der Waals surface area contributed by atoms with Crippen molar-refractivity contribution in [2.45, 2.75) is 6.04 Å². The number of para-hydroxylation sites is 1. The number of carbonyl (C=O) groups is 2. The fourth-order valence-electron chi connectivity index (χ4n) is 4.53. The summed E-state index contributed by atoms with van der Waals surface area (Å²) in [4.78, 5) is 32.1. The van der Waals surface area contributed by atoms with Crippen LogP contribution in [0.3, 0.4) is 0 Å². The smallest absolute Gasteiger partial charge is 0.335 e. The summed E-state index contributed by atoms with van der Waals surface area (Å²) in [5.41, 5.74) is 4.61. The lowest BCUT2D eigenvalue weighted by Gasteiger charge is -2.19. The molecule has 3 N–H and O–H groups in total. The van der Waals surface area contributed by atoms with E-state index in [1.54, 1.807) is 6.20 Å². The molecule has 0 amide bonds. The number of allylic oxidation sites excluding steroid dienone is 3. The summed E-state index contributed by atoms with van der Waals surface area (Å²) in [5.74, 6) is -2.23. The van der Waals surface area contributed by atoms with Gasteiger partial charge in [-0.3, -0.25) is 4.98 Å². The molecule has 8 heteroatoms. The molecule has 0 saturated heterocycles. The minimum atomic E-state index is -1.12. The van der Waals surface area contributed by atoms with E-state index in [0.29, 0.717) is 5.69 Å². The molecule has 0 aliphatic carbocycles. The number of carboxylic acid groups (broad SMARTS) is 2. The molecule has 3 aromatic heterocycles. The van der Waals surface area contributed by atoms with Gasteiger partial charge in [0.15, 0.2) is 0 Å². The lowest BCUT2D eigenvalue weighted by Crippen LogP contribution is -2.18. The normalized spacial score (nSPS) is 15.0. The molecule has 1 unspecified atom stereocenters. The monoisotopic (exact) mass is 515 g/mol. The molecule has 0 saturated carbocycles. The fraction of sp³-hybridized carbons (Fsp3) is 0.0323. The van der Waals surface area contributed by atoms with Gasteiger partial charge in [-0.05, 0) is 72.0 Å². The Balaban J connectivity index is 1.31. The number of carboxylic acids is 2. The first-order chi connectivity index (χ1) is 18.9. The molecule has 6 rings (SSSR count). The van der Waals surface area contributed by atoms with Crippen LogP contribution in [-0.4, -0.2) is 32.1 Å². The first-order valence-corrected chi connectivity index (χ1v) is 12.1. The van der Waals surface area contributed by atoms with Crippen molar-refractivity contribution in [2.75, 3.05) is 0 Å². The van der Waals surface area contributed by atoms with Crippen LogP contribution in [0.25, 0.3) is 39.4 Å². The largest absolute Gasteiger partial charge is 0.478 e. The average Bonchev–Trinajstić information content (AvgIpc) is 3.34. The fourth-order valence-corrected chi connectivity index (χ4v) is 4.53. The first-order valence-electron chi connectivity index (χ1n) is 12.1. The summed E-state index contributed by atoms with van der Waals surface area (Å²) >= 11 is 0. The van der Waals surface area contributed by atoms with Gasteiger partial charge in [-0.25, -0.2) is 14.6 Å². The number of dihydropyridines is 1. The Bertz CT molecular complexity index is 1870. The van der Waals surface area contributed by atoms with Crippen LogP contribution >= 0.6 is 0 Å². The third kappa shape index (κ3) is 4.78. The predicted octanol–water partition coefficient (Wildman–Crippen LogP) is 6.24. The van der Waals surface area contributed by atoms with Gasteiger partial charge in [-0.15, -0.1) is 0 Å². The highest BCUT2D eigenvalue weighted by Gasteiger charge is 2.18. The molecule has 1 atom stereocenters. The van der Waals surface area contributed by atoms with Crippen molar-refractivity contribution in [3.05, 3.63) is 125 Å². The van der Waals surface area contributed by atoms with Gasteiger partial charge in [0, 0.05) is 17.0 Å². The molecule has 0 radical (unpaired) electrons. The van der Waals surface area contributed by atoms with E-state index in [4.69, 9.17) is 4.42 Å². The number of aromatic nitrogens is 2. The van der Waals surface area contributed by atoms with Gasteiger partial charge in [-0.1, -0.05) is 36.4 Å². The van der Waals surface area contributed by atoms with Gasteiger partial charge in [0.1, 0.15) is 11.2 Å². The minimum Gasteiger partial charge on any atom is -0.478 e. The van der Waals surface area contributed by atoms with Crippen molar-refractivity contribution >= 4 is 40.0 Å². The number of nitrogens with zero attached hydrogens (tertiary/aromatic N) is 2. The number of rotatable bonds is 6. The van der Waals surface area contributed by atoms with E-state index < -0.39 is 18.0 Å². The van der Waals surface area contributed by atoms with Gasteiger partial charge >= 0.3 is 11.9 Å². The van der Waals surface area contributed by atoms with Crippen LogP contribution in [0.2, 0.25) is 0 Å². The van der Waals surface area contributed by atoms with E-state index >= 15 is 0 Å². The Morgan fingerprint density at radius 3 is 2.49 bits per heavy atom. The van der Waals surface area contributed by atoms with Gasteiger partial charge in [-0.2, -0.15) is 0 Å². The second-order valence-corrected chi connectivity index (χ2v) is 9.04. The highest BCUT2D eigenvalue weighted by molar-refractivity contribution is 6.05. The Labute approximate surface area is 222 Å². The molecular weight excluding hydrogens is 494 g/mol. The highest BCUT2D eigenvalue weighted by atomic mass is 16.4. The van der Waals surface area contributed by atoms with Crippen molar-refractivity contribution < 1.29 is 24.2 Å². The highest BCUT2D eigenvalue weighted by Crippen LogP contribution is 2.30. The quantitative estimate of drug-likeness (QED) is 0.243. The molecule has 2 aromatic carbocycles. The van der Waals surface area contributed by atoms with E-state index in [1.165, 1.54) is 30.5 Å². The van der Waals surface area contributed by atoms with E-state index in [-0.39, 0.29) is 22.5 Å². The average molecular weight is 516 g/mol. The summed E-state index contributed by atoms with van der Waals surface area (Å²) in [7, 11) is 0. The maximum absolute atomic E-state index is 11.9. The lowest BCUT2D eigenvalue weighted by molar-refractivity contribution is 0.0685. The van der Waals surface area contributed by atoms with Crippen LogP contribution < -0.4 is 5.32 Å². The van der Waals surface area contributed by atoms with Gasteiger partial charge < -0.3 is 19.9 Å². The molecule has 1 aliphatic heterocycles. The van der Waals surface area contributed by atoms with Crippen molar-refractivity contribution in [1.82, 2.24) is 15.3 Å². The SMILES string of the molecule is O=C(O)c1ccnc(-c2cc(C(=O)O)cc(C3C=C(/C=C/c4ccc5c(c4)oc4ccccc45)C=CN3)n2)c1. The molecule has 0 bridgehead atoms. The van der Waals surface area contributed by atoms with Crippen LogP contribution in [0.4, 0.5) is 0 Å². The number of hydrogen-bond donors (Lipinski definition) is 3. The number of hydrogen-bond acceptors (Lipinski definition) is 6. The number of furan rings is 1. The summed E-state index contributed by atoms with van der Waals surface area (Å²) in [6.45, 7) is 0. The summed E-state index contributed by atoms with van der Waals surface area (Å²) < 4.78 is 5.99. The topological polar surface area (TPSA) is 126 Å². The first kappa shape index (κ1) is 23.9. The van der Waals surface area contributed by atoms with Gasteiger partial charge in [0.05, 0.1) is 34.3 Å². The van der Waals surface area contributed by atoms with Crippen molar-refractivity contribution in [3.8, 4) is 11.4 Å². The Hall–Kier alpha value is -5.50. The third-order valence-electron chi connectivity index (χ3n) is 6.46. The van der Waals surface area contributed by atoms with Crippen molar-refractivity contribution in [1.29, 1.82) is 0 Å². The second-order valence-electron chi connectivity index (χ2n) is 9.04.